The molecule has 0 amide bonds. The van der Waals surface area contributed by atoms with Crippen molar-refractivity contribution in [1.29, 1.82) is 0 Å². The number of thiophene rings is 1. The smallest absolute Gasteiger partial charge is 0.0381 e. The zero-order valence-corrected chi connectivity index (χ0v) is 12.8. The molecule has 0 aliphatic carbocycles. The molecule has 1 aliphatic rings. The zero-order chi connectivity index (χ0) is 13.4. The van der Waals surface area contributed by atoms with Crippen LogP contribution in [0.15, 0.2) is 24.3 Å². The standard InChI is InChI=1S/C16H22N2S/c1-12(2)15-10-13-4-5-14(11-16(13)19-15)18-8-6-17(3)7-9-18/h4-5,10-12H,6-9H2,1-3H3. The van der Waals surface area contributed by atoms with Gasteiger partial charge in [-0.2, -0.15) is 0 Å². The van der Waals surface area contributed by atoms with Crippen LogP contribution in [-0.4, -0.2) is 38.1 Å². The molecule has 1 aromatic heterocycles. The number of hydrogen-bond acceptors (Lipinski definition) is 3. The zero-order valence-electron chi connectivity index (χ0n) is 12.0. The molecule has 3 heteroatoms. The van der Waals surface area contributed by atoms with E-state index in [2.05, 4.69) is 55.0 Å². The van der Waals surface area contributed by atoms with E-state index in [0.717, 1.165) is 13.1 Å². The highest BCUT2D eigenvalue weighted by Gasteiger charge is 2.15. The van der Waals surface area contributed by atoms with Gasteiger partial charge >= 0.3 is 0 Å². The first-order chi connectivity index (χ1) is 9.13. The van der Waals surface area contributed by atoms with Crippen molar-refractivity contribution in [2.75, 3.05) is 38.1 Å². The highest BCUT2D eigenvalue weighted by Crippen LogP contribution is 2.33. The first kappa shape index (κ1) is 12.9. The Balaban J connectivity index is 1.88. The first-order valence-electron chi connectivity index (χ1n) is 7.10. The Morgan fingerprint density at radius 2 is 1.79 bits per heavy atom. The maximum Gasteiger partial charge on any atom is 0.0381 e. The Bertz CT molecular complexity index is 565. The molecule has 1 fully saturated rings. The third kappa shape index (κ3) is 2.63. The van der Waals surface area contributed by atoms with Crippen LogP contribution in [-0.2, 0) is 0 Å². The SMILES string of the molecule is CC(C)c1cc2ccc(N3CCN(C)CC3)cc2s1. The lowest BCUT2D eigenvalue weighted by atomic mass is 10.1. The van der Waals surface area contributed by atoms with Crippen molar-refractivity contribution >= 4 is 27.1 Å². The molecular weight excluding hydrogens is 252 g/mol. The minimum Gasteiger partial charge on any atom is -0.369 e. The van der Waals surface area contributed by atoms with Gasteiger partial charge in [-0.3, -0.25) is 0 Å². The van der Waals surface area contributed by atoms with Gasteiger partial charge in [-0.25, -0.2) is 0 Å². The second kappa shape index (κ2) is 5.14. The van der Waals surface area contributed by atoms with Crippen molar-refractivity contribution in [2.24, 2.45) is 0 Å². The number of piperazine rings is 1. The summed E-state index contributed by atoms with van der Waals surface area (Å²) >= 11 is 1.95. The maximum absolute atomic E-state index is 2.51. The van der Waals surface area contributed by atoms with Gasteiger partial charge in [0, 0.05) is 41.4 Å². The summed E-state index contributed by atoms with van der Waals surface area (Å²) in [7, 11) is 2.20. The second-order valence-electron chi connectivity index (χ2n) is 5.82. The summed E-state index contributed by atoms with van der Waals surface area (Å²) < 4.78 is 1.43. The number of benzene rings is 1. The lowest BCUT2D eigenvalue weighted by Gasteiger charge is -2.34. The Hall–Kier alpha value is -1.06. The predicted octanol–water partition coefficient (Wildman–Crippen LogP) is 3.78. The quantitative estimate of drug-likeness (QED) is 0.822. The molecule has 2 nitrogen and oxygen atoms in total. The summed E-state index contributed by atoms with van der Waals surface area (Å²) in [6, 6.07) is 9.28. The summed E-state index contributed by atoms with van der Waals surface area (Å²) in [6.07, 6.45) is 0. The molecule has 1 aromatic carbocycles. The van der Waals surface area contributed by atoms with Gasteiger partial charge in [-0.1, -0.05) is 19.9 Å². The van der Waals surface area contributed by atoms with E-state index in [0.29, 0.717) is 5.92 Å². The van der Waals surface area contributed by atoms with Crippen LogP contribution >= 0.6 is 11.3 Å². The molecule has 3 rings (SSSR count). The number of hydrogen-bond donors (Lipinski definition) is 0. The summed E-state index contributed by atoms with van der Waals surface area (Å²) in [5.41, 5.74) is 1.39. The van der Waals surface area contributed by atoms with Crippen molar-refractivity contribution in [3.63, 3.8) is 0 Å². The predicted molar refractivity (Wildman–Crippen MR) is 85.6 cm³/mol. The molecule has 0 bridgehead atoms. The fourth-order valence-electron chi connectivity index (χ4n) is 2.59. The van der Waals surface area contributed by atoms with Crippen molar-refractivity contribution in [1.82, 2.24) is 4.90 Å². The largest absolute Gasteiger partial charge is 0.369 e. The van der Waals surface area contributed by atoms with Crippen molar-refractivity contribution in [3.05, 3.63) is 29.1 Å². The fraction of sp³-hybridized carbons (Fsp3) is 0.500. The van der Waals surface area contributed by atoms with Crippen LogP contribution in [0.3, 0.4) is 0 Å². The van der Waals surface area contributed by atoms with E-state index in [-0.39, 0.29) is 0 Å². The first-order valence-corrected chi connectivity index (χ1v) is 7.92. The van der Waals surface area contributed by atoms with Crippen molar-refractivity contribution in [3.8, 4) is 0 Å². The molecule has 0 spiro atoms. The highest BCUT2D eigenvalue weighted by molar-refractivity contribution is 7.19. The second-order valence-corrected chi connectivity index (χ2v) is 6.93. The number of likely N-dealkylation sites (N-methyl/N-ethyl adjacent to an activating group) is 1. The molecule has 0 atom stereocenters. The molecule has 2 heterocycles. The lowest BCUT2D eigenvalue weighted by molar-refractivity contribution is 0.313. The van der Waals surface area contributed by atoms with Crippen LogP contribution in [0.25, 0.3) is 10.1 Å². The van der Waals surface area contributed by atoms with E-state index in [1.165, 1.54) is 33.7 Å². The molecule has 102 valence electrons. The van der Waals surface area contributed by atoms with Crippen LogP contribution in [0, 0.1) is 0 Å². The molecule has 0 unspecified atom stereocenters. The summed E-state index contributed by atoms with van der Waals surface area (Å²) in [4.78, 5) is 6.40. The van der Waals surface area contributed by atoms with Crippen LogP contribution in [0.2, 0.25) is 0 Å². The van der Waals surface area contributed by atoms with Crippen LogP contribution in [0.1, 0.15) is 24.6 Å². The molecular formula is C16H22N2S. The van der Waals surface area contributed by atoms with Gasteiger partial charge in [0.2, 0.25) is 0 Å². The minimum atomic E-state index is 0.629. The van der Waals surface area contributed by atoms with Gasteiger partial charge in [0.05, 0.1) is 0 Å². The average Bonchev–Trinajstić information content (AvgIpc) is 2.82. The average molecular weight is 274 g/mol. The monoisotopic (exact) mass is 274 g/mol. The number of anilines is 1. The molecule has 0 saturated carbocycles. The Morgan fingerprint density at radius 3 is 2.47 bits per heavy atom. The third-order valence-electron chi connectivity index (χ3n) is 3.96. The summed E-state index contributed by atoms with van der Waals surface area (Å²) in [5, 5.41) is 1.39. The van der Waals surface area contributed by atoms with E-state index in [9.17, 15) is 0 Å². The third-order valence-corrected chi connectivity index (χ3v) is 5.36. The van der Waals surface area contributed by atoms with Crippen molar-refractivity contribution < 1.29 is 0 Å². The van der Waals surface area contributed by atoms with Gasteiger partial charge < -0.3 is 9.80 Å². The van der Waals surface area contributed by atoms with Crippen molar-refractivity contribution in [2.45, 2.75) is 19.8 Å². The van der Waals surface area contributed by atoms with E-state index >= 15 is 0 Å². The van der Waals surface area contributed by atoms with E-state index in [1.54, 1.807) is 0 Å². The molecule has 2 aromatic rings. The molecule has 0 N–H and O–H groups in total. The van der Waals surface area contributed by atoms with Crippen LogP contribution < -0.4 is 4.90 Å². The topological polar surface area (TPSA) is 6.48 Å². The lowest BCUT2D eigenvalue weighted by Crippen LogP contribution is -2.44. The van der Waals surface area contributed by atoms with Crippen LogP contribution in [0.5, 0.6) is 0 Å². The highest BCUT2D eigenvalue weighted by atomic mass is 32.1. The van der Waals surface area contributed by atoms with Gasteiger partial charge in [-0.05, 0) is 36.6 Å². The minimum absolute atomic E-state index is 0.629. The Labute approximate surface area is 119 Å². The normalized spacial score (nSPS) is 17.6. The van der Waals surface area contributed by atoms with Gasteiger partial charge in [0.1, 0.15) is 0 Å². The van der Waals surface area contributed by atoms with Gasteiger partial charge in [-0.15, -0.1) is 11.3 Å². The van der Waals surface area contributed by atoms with Gasteiger partial charge in [0.15, 0.2) is 0 Å². The molecule has 0 radical (unpaired) electrons. The Morgan fingerprint density at radius 1 is 1.05 bits per heavy atom. The van der Waals surface area contributed by atoms with Crippen LogP contribution in [0.4, 0.5) is 5.69 Å². The molecule has 1 aliphatic heterocycles. The fourth-order valence-corrected chi connectivity index (χ4v) is 3.69. The van der Waals surface area contributed by atoms with E-state index < -0.39 is 0 Å². The van der Waals surface area contributed by atoms with Gasteiger partial charge in [0.25, 0.3) is 0 Å². The molecule has 19 heavy (non-hydrogen) atoms. The number of nitrogens with zero attached hydrogens (tertiary/aromatic N) is 2. The summed E-state index contributed by atoms with van der Waals surface area (Å²) in [5.74, 6) is 0.629. The maximum atomic E-state index is 2.51. The molecule has 1 saturated heterocycles. The number of fused-ring (bicyclic) bond motifs is 1. The van der Waals surface area contributed by atoms with E-state index in [4.69, 9.17) is 0 Å². The van der Waals surface area contributed by atoms with E-state index in [1.807, 2.05) is 11.3 Å². The number of rotatable bonds is 2. The summed E-state index contributed by atoms with van der Waals surface area (Å²) in [6.45, 7) is 9.16. The Kier molecular flexibility index (Phi) is 3.50.